The smallest absolute Gasteiger partial charge is 0.243 e. The fourth-order valence-corrected chi connectivity index (χ4v) is 3.50. The van der Waals surface area contributed by atoms with E-state index in [0.717, 1.165) is 5.56 Å². The molecule has 20 heavy (non-hydrogen) atoms. The average molecular weight is 298 g/mol. The van der Waals surface area contributed by atoms with Gasteiger partial charge >= 0.3 is 0 Å². The van der Waals surface area contributed by atoms with E-state index in [1.807, 2.05) is 51.9 Å². The summed E-state index contributed by atoms with van der Waals surface area (Å²) in [6.07, 6.45) is 0. The SMILES string of the molecule is CN(C)CCN(C)S(=O)(=O)c1ccccc1C(C)(C)C. The van der Waals surface area contributed by atoms with Crippen LogP contribution in [0.15, 0.2) is 29.2 Å². The predicted octanol–water partition coefficient (Wildman–Crippen LogP) is 2.17. The molecule has 0 N–H and O–H groups in total. The minimum absolute atomic E-state index is 0.202. The highest BCUT2D eigenvalue weighted by atomic mass is 32.2. The topological polar surface area (TPSA) is 40.6 Å². The summed E-state index contributed by atoms with van der Waals surface area (Å²) in [5, 5.41) is 0. The maximum Gasteiger partial charge on any atom is 0.243 e. The molecule has 0 amide bonds. The van der Waals surface area contributed by atoms with Crippen molar-refractivity contribution in [2.24, 2.45) is 0 Å². The molecule has 0 aliphatic heterocycles. The molecule has 0 spiro atoms. The summed E-state index contributed by atoms with van der Waals surface area (Å²) in [5.41, 5.74) is 0.656. The fraction of sp³-hybridized carbons (Fsp3) is 0.600. The number of rotatable bonds is 5. The first-order valence-corrected chi connectivity index (χ1v) is 8.21. The van der Waals surface area contributed by atoms with Gasteiger partial charge in [-0.15, -0.1) is 0 Å². The summed E-state index contributed by atoms with van der Waals surface area (Å²) in [6.45, 7) is 7.27. The first-order chi connectivity index (χ1) is 9.06. The Kier molecular flexibility index (Phi) is 5.35. The van der Waals surface area contributed by atoms with Crippen molar-refractivity contribution in [3.63, 3.8) is 0 Å². The lowest BCUT2D eigenvalue weighted by molar-refractivity contribution is 0.358. The molecule has 0 saturated heterocycles. The van der Waals surface area contributed by atoms with Gasteiger partial charge in [-0.1, -0.05) is 39.0 Å². The van der Waals surface area contributed by atoms with Gasteiger partial charge in [-0.25, -0.2) is 8.42 Å². The van der Waals surface area contributed by atoms with Gasteiger partial charge in [0.2, 0.25) is 10.0 Å². The number of sulfonamides is 1. The molecular formula is C15H26N2O2S. The molecule has 114 valence electrons. The zero-order chi connectivity index (χ0) is 15.6. The van der Waals surface area contributed by atoms with Crippen molar-refractivity contribution < 1.29 is 8.42 Å². The zero-order valence-electron chi connectivity index (χ0n) is 13.3. The standard InChI is InChI=1S/C15H26N2O2S/c1-15(2,3)13-9-7-8-10-14(13)20(18,19)17(6)12-11-16(4)5/h7-10H,11-12H2,1-6H3. The highest BCUT2D eigenvalue weighted by Crippen LogP contribution is 2.30. The van der Waals surface area contributed by atoms with Crippen molar-refractivity contribution >= 4 is 10.0 Å². The van der Waals surface area contributed by atoms with Gasteiger partial charge in [0.1, 0.15) is 0 Å². The molecule has 1 aromatic carbocycles. The van der Waals surface area contributed by atoms with E-state index in [0.29, 0.717) is 18.0 Å². The van der Waals surface area contributed by atoms with E-state index in [4.69, 9.17) is 0 Å². The molecule has 4 nitrogen and oxygen atoms in total. The maximum absolute atomic E-state index is 12.7. The van der Waals surface area contributed by atoms with Gasteiger partial charge in [0.15, 0.2) is 0 Å². The highest BCUT2D eigenvalue weighted by molar-refractivity contribution is 7.89. The van der Waals surface area contributed by atoms with Crippen LogP contribution in [0.1, 0.15) is 26.3 Å². The Morgan fingerprint density at radius 3 is 2.05 bits per heavy atom. The van der Waals surface area contributed by atoms with Crippen molar-refractivity contribution in [2.75, 3.05) is 34.2 Å². The van der Waals surface area contributed by atoms with Gasteiger partial charge in [-0.3, -0.25) is 0 Å². The van der Waals surface area contributed by atoms with E-state index in [1.54, 1.807) is 19.2 Å². The predicted molar refractivity (Wildman–Crippen MR) is 83.5 cm³/mol. The Labute approximate surface area is 123 Å². The summed E-state index contributed by atoms with van der Waals surface area (Å²) in [5.74, 6) is 0. The molecule has 0 aliphatic carbocycles. The zero-order valence-corrected chi connectivity index (χ0v) is 14.2. The first-order valence-electron chi connectivity index (χ1n) is 6.77. The lowest BCUT2D eigenvalue weighted by Gasteiger charge is -2.26. The molecular weight excluding hydrogens is 272 g/mol. The molecule has 0 aliphatic rings. The van der Waals surface area contributed by atoms with Gasteiger partial charge in [-0.05, 0) is 31.1 Å². The summed E-state index contributed by atoms with van der Waals surface area (Å²) < 4.78 is 26.9. The minimum atomic E-state index is -3.44. The fourth-order valence-electron chi connectivity index (χ4n) is 1.94. The Balaban J connectivity index is 3.16. The summed E-state index contributed by atoms with van der Waals surface area (Å²) >= 11 is 0. The van der Waals surface area contributed by atoms with Crippen LogP contribution in [-0.4, -0.2) is 51.9 Å². The van der Waals surface area contributed by atoms with E-state index < -0.39 is 10.0 Å². The monoisotopic (exact) mass is 298 g/mol. The summed E-state index contributed by atoms with van der Waals surface area (Å²) in [4.78, 5) is 2.38. The van der Waals surface area contributed by atoms with Crippen LogP contribution in [-0.2, 0) is 15.4 Å². The molecule has 0 radical (unpaired) electrons. The van der Waals surface area contributed by atoms with E-state index in [1.165, 1.54) is 4.31 Å². The lowest BCUT2D eigenvalue weighted by atomic mass is 9.87. The third-order valence-corrected chi connectivity index (χ3v) is 5.16. The first kappa shape index (κ1) is 17.1. The number of nitrogens with zero attached hydrogens (tertiary/aromatic N) is 2. The van der Waals surface area contributed by atoms with Crippen LogP contribution in [0.3, 0.4) is 0 Å². The second-order valence-electron chi connectivity index (χ2n) is 6.38. The van der Waals surface area contributed by atoms with E-state index in [2.05, 4.69) is 0 Å². The molecule has 0 aromatic heterocycles. The molecule has 0 saturated carbocycles. The molecule has 0 unspecified atom stereocenters. The normalized spacial score (nSPS) is 13.2. The third kappa shape index (κ3) is 4.04. The average Bonchev–Trinajstić information content (AvgIpc) is 2.34. The van der Waals surface area contributed by atoms with Gasteiger partial charge in [-0.2, -0.15) is 4.31 Å². The minimum Gasteiger partial charge on any atom is -0.308 e. The van der Waals surface area contributed by atoms with E-state index >= 15 is 0 Å². The van der Waals surface area contributed by atoms with E-state index in [9.17, 15) is 8.42 Å². The largest absolute Gasteiger partial charge is 0.308 e. The second kappa shape index (κ2) is 6.24. The Morgan fingerprint density at radius 2 is 1.55 bits per heavy atom. The van der Waals surface area contributed by atoms with Crippen molar-refractivity contribution in [1.82, 2.24) is 9.21 Å². The molecule has 0 bridgehead atoms. The number of hydrogen-bond donors (Lipinski definition) is 0. The molecule has 0 atom stereocenters. The lowest BCUT2D eigenvalue weighted by Crippen LogP contribution is -2.34. The van der Waals surface area contributed by atoms with E-state index in [-0.39, 0.29) is 5.41 Å². The van der Waals surface area contributed by atoms with Crippen molar-refractivity contribution in [2.45, 2.75) is 31.1 Å². The van der Waals surface area contributed by atoms with Gasteiger partial charge in [0, 0.05) is 20.1 Å². The van der Waals surface area contributed by atoms with Crippen molar-refractivity contribution in [3.8, 4) is 0 Å². The number of benzene rings is 1. The van der Waals surface area contributed by atoms with Crippen LogP contribution in [0.4, 0.5) is 0 Å². The Morgan fingerprint density at radius 1 is 1.00 bits per heavy atom. The van der Waals surface area contributed by atoms with Crippen LogP contribution >= 0.6 is 0 Å². The number of hydrogen-bond acceptors (Lipinski definition) is 3. The molecule has 1 aromatic rings. The highest BCUT2D eigenvalue weighted by Gasteiger charge is 2.28. The Hall–Kier alpha value is -0.910. The molecule has 0 fully saturated rings. The maximum atomic E-state index is 12.7. The molecule has 1 rings (SSSR count). The second-order valence-corrected chi connectivity index (χ2v) is 8.39. The van der Waals surface area contributed by atoms with Gasteiger partial charge < -0.3 is 4.90 Å². The van der Waals surface area contributed by atoms with Crippen molar-refractivity contribution in [1.29, 1.82) is 0 Å². The van der Waals surface area contributed by atoms with Gasteiger partial charge in [0.25, 0.3) is 0 Å². The van der Waals surface area contributed by atoms with Crippen LogP contribution in [0, 0.1) is 0 Å². The summed E-state index contributed by atoms with van der Waals surface area (Å²) in [7, 11) is 2.06. The molecule has 5 heteroatoms. The van der Waals surface area contributed by atoms with Gasteiger partial charge in [0.05, 0.1) is 4.90 Å². The Bertz CT molecular complexity index is 545. The van der Waals surface area contributed by atoms with Crippen LogP contribution in [0.25, 0.3) is 0 Å². The number of likely N-dealkylation sites (N-methyl/N-ethyl adjacent to an activating group) is 2. The van der Waals surface area contributed by atoms with Crippen molar-refractivity contribution in [3.05, 3.63) is 29.8 Å². The summed E-state index contributed by atoms with van der Waals surface area (Å²) in [6, 6.07) is 7.26. The quantitative estimate of drug-likeness (QED) is 0.836. The van der Waals surface area contributed by atoms with Crippen LogP contribution in [0.5, 0.6) is 0 Å². The molecule has 0 heterocycles. The van der Waals surface area contributed by atoms with Crippen LogP contribution < -0.4 is 0 Å². The van der Waals surface area contributed by atoms with Crippen LogP contribution in [0.2, 0.25) is 0 Å². The third-order valence-electron chi connectivity index (χ3n) is 3.25.